The smallest absolute Gasteiger partial charge is 0.263 e. The van der Waals surface area contributed by atoms with E-state index in [2.05, 4.69) is 18.8 Å². The highest BCUT2D eigenvalue weighted by atomic mass is 16.5. The summed E-state index contributed by atoms with van der Waals surface area (Å²) >= 11 is 0. The number of unbranched alkanes of at least 4 members (excludes halogenated alkanes) is 12. The maximum absolute atomic E-state index is 12.8. The summed E-state index contributed by atoms with van der Waals surface area (Å²) in [5.74, 6) is 1.61. The van der Waals surface area contributed by atoms with E-state index in [-0.39, 0.29) is 5.91 Å². The number of nitrogens with zero attached hydrogens (tertiary/aromatic N) is 2. The fourth-order valence-corrected chi connectivity index (χ4v) is 4.74. The Morgan fingerprint density at radius 1 is 0.750 bits per heavy atom. The average molecular weight is 491 g/mol. The number of aromatic nitrogens is 2. The van der Waals surface area contributed by atoms with Gasteiger partial charge < -0.3 is 4.74 Å². The number of carbonyl (C=O) groups is 1. The molecular weight excluding hydrogens is 444 g/mol. The minimum Gasteiger partial charge on any atom is -0.494 e. The lowest BCUT2D eigenvalue weighted by Crippen LogP contribution is -2.10. The molecule has 0 amide bonds. The van der Waals surface area contributed by atoms with E-state index in [1.807, 2.05) is 48.5 Å². The fraction of sp³-hybridized carbons (Fsp3) is 0.562. The van der Waals surface area contributed by atoms with Crippen LogP contribution >= 0.6 is 0 Å². The van der Waals surface area contributed by atoms with E-state index in [1.165, 1.54) is 83.5 Å². The summed E-state index contributed by atoms with van der Waals surface area (Å²) in [6.07, 6.45) is 20.7. The van der Waals surface area contributed by atoms with Crippen LogP contribution in [-0.2, 0) is 0 Å². The minimum atomic E-state index is -0.0765. The molecule has 3 rings (SSSR count). The standard InChI is InChI=1S/C32H46N2O2/c1-27(2)18-14-12-10-8-6-4-3-5-7-9-11-13-17-25-36-29-23-21-28(22-24-29)32(35)34-26-33-30-19-15-16-20-31(30)34/h15-16,19-24,26-27H,3-14,17-18,25H2,1-2H3. The van der Waals surface area contributed by atoms with Crippen LogP contribution in [0.25, 0.3) is 11.0 Å². The molecule has 0 aliphatic rings. The van der Waals surface area contributed by atoms with Crippen LogP contribution in [0.5, 0.6) is 5.75 Å². The van der Waals surface area contributed by atoms with Gasteiger partial charge in [0.2, 0.25) is 0 Å². The topological polar surface area (TPSA) is 44.1 Å². The SMILES string of the molecule is CC(C)CCCCCCCCCCCCCCCOc1ccc(C(=O)n2cnc3ccccc32)cc1. The highest BCUT2D eigenvalue weighted by Crippen LogP contribution is 2.18. The number of rotatable bonds is 18. The van der Waals surface area contributed by atoms with E-state index in [4.69, 9.17) is 4.74 Å². The van der Waals surface area contributed by atoms with E-state index in [0.717, 1.165) is 35.7 Å². The lowest BCUT2D eigenvalue weighted by Gasteiger charge is -2.08. The van der Waals surface area contributed by atoms with Crippen LogP contribution < -0.4 is 4.74 Å². The van der Waals surface area contributed by atoms with Crippen LogP contribution in [0.3, 0.4) is 0 Å². The lowest BCUT2D eigenvalue weighted by molar-refractivity contribution is 0.0964. The van der Waals surface area contributed by atoms with Crippen molar-refractivity contribution >= 4 is 16.9 Å². The van der Waals surface area contributed by atoms with E-state index >= 15 is 0 Å². The maximum Gasteiger partial charge on any atom is 0.263 e. The second kappa shape index (κ2) is 16.2. The Bertz CT molecular complexity index is 1010. The fourth-order valence-electron chi connectivity index (χ4n) is 4.74. The van der Waals surface area contributed by atoms with Crippen LogP contribution in [-0.4, -0.2) is 22.1 Å². The highest BCUT2D eigenvalue weighted by Gasteiger charge is 2.12. The van der Waals surface area contributed by atoms with Gasteiger partial charge in [-0.15, -0.1) is 0 Å². The Labute approximate surface area is 218 Å². The number of imidazole rings is 1. The predicted octanol–water partition coefficient (Wildman–Crippen LogP) is 9.22. The number of hydrogen-bond donors (Lipinski definition) is 0. The second-order valence-electron chi connectivity index (χ2n) is 10.6. The Balaban J connectivity index is 1.17. The molecule has 0 radical (unpaired) electrons. The molecular formula is C32H46N2O2. The van der Waals surface area contributed by atoms with E-state index in [0.29, 0.717) is 5.56 Å². The van der Waals surface area contributed by atoms with Crippen LogP contribution in [0.2, 0.25) is 0 Å². The van der Waals surface area contributed by atoms with E-state index in [9.17, 15) is 4.79 Å². The second-order valence-corrected chi connectivity index (χ2v) is 10.6. The molecule has 2 aromatic carbocycles. The molecule has 0 fully saturated rings. The molecule has 4 heteroatoms. The third-order valence-corrected chi connectivity index (χ3v) is 6.97. The van der Waals surface area contributed by atoms with Crippen molar-refractivity contribution in [3.8, 4) is 5.75 Å². The molecule has 0 bridgehead atoms. The average Bonchev–Trinajstić information content (AvgIpc) is 3.32. The third-order valence-electron chi connectivity index (χ3n) is 6.97. The van der Waals surface area contributed by atoms with Gasteiger partial charge in [-0.3, -0.25) is 9.36 Å². The van der Waals surface area contributed by atoms with Gasteiger partial charge in [-0.25, -0.2) is 4.98 Å². The minimum absolute atomic E-state index is 0.0765. The molecule has 3 aromatic rings. The molecule has 1 heterocycles. The molecule has 1 aromatic heterocycles. The van der Waals surface area contributed by atoms with Crippen LogP contribution in [0.4, 0.5) is 0 Å². The van der Waals surface area contributed by atoms with Gasteiger partial charge >= 0.3 is 0 Å². The summed E-state index contributed by atoms with van der Waals surface area (Å²) in [6.45, 7) is 5.38. The molecule has 0 unspecified atom stereocenters. The van der Waals surface area contributed by atoms with Crippen molar-refractivity contribution < 1.29 is 9.53 Å². The molecule has 196 valence electrons. The van der Waals surface area contributed by atoms with Gasteiger partial charge in [-0.1, -0.05) is 109 Å². The summed E-state index contributed by atoms with van der Waals surface area (Å²) in [5.41, 5.74) is 2.28. The van der Waals surface area contributed by atoms with E-state index in [1.54, 1.807) is 10.9 Å². The molecule has 0 spiro atoms. The highest BCUT2D eigenvalue weighted by molar-refractivity contribution is 6.01. The van der Waals surface area contributed by atoms with Gasteiger partial charge in [-0.05, 0) is 48.7 Å². The van der Waals surface area contributed by atoms with Crippen molar-refractivity contribution in [1.82, 2.24) is 9.55 Å². The summed E-state index contributed by atoms with van der Waals surface area (Å²) < 4.78 is 7.49. The van der Waals surface area contributed by atoms with Gasteiger partial charge in [0.05, 0.1) is 17.6 Å². The lowest BCUT2D eigenvalue weighted by atomic mass is 10.0. The normalized spacial score (nSPS) is 11.4. The van der Waals surface area contributed by atoms with E-state index < -0.39 is 0 Å². The molecule has 0 aliphatic heterocycles. The van der Waals surface area contributed by atoms with Crippen LogP contribution in [0.1, 0.15) is 114 Å². The summed E-state index contributed by atoms with van der Waals surface area (Å²) in [5, 5.41) is 0. The number of carbonyl (C=O) groups excluding carboxylic acids is 1. The van der Waals surface area contributed by atoms with Crippen molar-refractivity contribution in [1.29, 1.82) is 0 Å². The molecule has 0 saturated heterocycles. The molecule has 0 N–H and O–H groups in total. The summed E-state index contributed by atoms with van der Waals surface area (Å²) in [4.78, 5) is 17.1. The molecule has 0 atom stereocenters. The van der Waals surface area contributed by atoms with Crippen molar-refractivity contribution in [2.75, 3.05) is 6.61 Å². The van der Waals surface area contributed by atoms with Crippen molar-refractivity contribution in [2.45, 2.75) is 104 Å². The number of ether oxygens (including phenoxy) is 1. The van der Waals surface area contributed by atoms with Crippen molar-refractivity contribution in [2.24, 2.45) is 5.92 Å². The van der Waals surface area contributed by atoms with Crippen LogP contribution in [0.15, 0.2) is 54.9 Å². The Hall–Kier alpha value is -2.62. The first-order chi connectivity index (χ1) is 17.6. The predicted molar refractivity (Wildman–Crippen MR) is 151 cm³/mol. The van der Waals surface area contributed by atoms with Gasteiger partial charge in [-0.2, -0.15) is 0 Å². The molecule has 0 saturated carbocycles. The molecule has 4 nitrogen and oxygen atoms in total. The molecule has 0 aliphatic carbocycles. The maximum atomic E-state index is 12.8. The first-order valence-electron chi connectivity index (χ1n) is 14.3. The van der Waals surface area contributed by atoms with Crippen molar-refractivity contribution in [3.63, 3.8) is 0 Å². The number of hydrogen-bond acceptors (Lipinski definition) is 3. The zero-order valence-corrected chi connectivity index (χ0v) is 22.6. The molecule has 36 heavy (non-hydrogen) atoms. The third kappa shape index (κ3) is 9.79. The van der Waals surface area contributed by atoms with Crippen molar-refractivity contribution in [3.05, 3.63) is 60.4 Å². The Kier molecular flexibility index (Phi) is 12.6. The Morgan fingerprint density at radius 3 is 1.92 bits per heavy atom. The zero-order valence-electron chi connectivity index (χ0n) is 22.6. The van der Waals surface area contributed by atoms with Gasteiger partial charge in [0, 0.05) is 5.56 Å². The number of fused-ring (bicyclic) bond motifs is 1. The quantitative estimate of drug-likeness (QED) is 0.167. The first kappa shape index (κ1) is 28.0. The summed E-state index contributed by atoms with van der Waals surface area (Å²) in [7, 11) is 0. The zero-order chi connectivity index (χ0) is 25.4. The van der Waals surface area contributed by atoms with Crippen LogP contribution in [0, 0.1) is 5.92 Å². The summed E-state index contributed by atoms with van der Waals surface area (Å²) in [6, 6.07) is 15.1. The van der Waals surface area contributed by atoms with Gasteiger partial charge in [0.1, 0.15) is 12.1 Å². The van der Waals surface area contributed by atoms with Gasteiger partial charge in [0.25, 0.3) is 5.91 Å². The largest absolute Gasteiger partial charge is 0.494 e. The first-order valence-corrected chi connectivity index (χ1v) is 14.3. The number of benzene rings is 2. The monoisotopic (exact) mass is 490 g/mol. The Morgan fingerprint density at radius 2 is 1.31 bits per heavy atom. The number of para-hydroxylation sites is 2. The van der Waals surface area contributed by atoms with Gasteiger partial charge in [0.15, 0.2) is 0 Å².